The Kier molecular flexibility index (Phi) is 13.2. The Morgan fingerprint density at radius 3 is 1.90 bits per heavy atom. The van der Waals surface area contributed by atoms with Gasteiger partial charge in [0.1, 0.15) is 17.2 Å². The molecule has 1 aromatic carbocycles. The molecule has 40 heavy (non-hydrogen) atoms. The topological polar surface area (TPSA) is 170 Å². The van der Waals surface area contributed by atoms with Crippen LogP contribution in [0.15, 0.2) is 18.2 Å². The molecule has 3 atom stereocenters. The van der Waals surface area contributed by atoms with E-state index in [4.69, 9.17) is 34.2 Å². The van der Waals surface area contributed by atoms with E-state index in [9.17, 15) is 24.3 Å². The summed E-state index contributed by atoms with van der Waals surface area (Å²) in [6.07, 6.45) is -0.439. The summed E-state index contributed by atoms with van der Waals surface area (Å²) in [6, 6.07) is 2.67. The zero-order valence-electron chi connectivity index (χ0n) is 24.6. The minimum Gasteiger partial charge on any atom is -0.480 e. The second kappa shape index (κ2) is 15.3. The van der Waals surface area contributed by atoms with E-state index in [1.54, 1.807) is 48.5 Å². The molecular formula is C28H43NO11. The van der Waals surface area contributed by atoms with Crippen LogP contribution < -0.4 is 15.2 Å². The van der Waals surface area contributed by atoms with Crippen LogP contribution in [0, 0.1) is 5.92 Å². The number of carbonyl (C=O) groups excluding carboxylic acids is 3. The molecule has 12 nitrogen and oxygen atoms in total. The predicted molar refractivity (Wildman–Crippen MR) is 145 cm³/mol. The normalized spacial score (nSPS) is 13.8. The van der Waals surface area contributed by atoms with Gasteiger partial charge in [-0.1, -0.05) is 32.8 Å². The summed E-state index contributed by atoms with van der Waals surface area (Å²) in [6.45, 7) is 13.6. The van der Waals surface area contributed by atoms with Crippen LogP contribution in [0.3, 0.4) is 0 Å². The third kappa shape index (κ3) is 13.0. The van der Waals surface area contributed by atoms with Gasteiger partial charge in [-0.05, 0) is 71.6 Å². The molecule has 1 aromatic rings. The second-order valence-electron chi connectivity index (χ2n) is 11.3. The summed E-state index contributed by atoms with van der Waals surface area (Å²) in [5.41, 5.74) is 4.61. The Morgan fingerprint density at radius 2 is 1.40 bits per heavy atom. The lowest BCUT2D eigenvalue weighted by Crippen LogP contribution is -2.40. The molecule has 0 aliphatic heterocycles. The molecule has 0 aliphatic rings. The maximum absolute atomic E-state index is 12.5. The van der Waals surface area contributed by atoms with E-state index < -0.39 is 53.5 Å². The molecule has 0 saturated carbocycles. The van der Waals surface area contributed by atoms with E-state index >= 15 is 0 Å². The highest BCUT2D eigenvalue weighted by Gasteiger charge is 2.33. The van der Waals surface area contributed by atoms with Crippen molar-refractivity contribution in [2.45, 2.75) is 97.8 Å². The van der Waals surface area contributed by atoms with Gasteiger partial charge in [-0.15, -0.1) is 0 Å². The van der Waals surface area contributed by atoms with Crippen LogP contribution >= 0.6 is 0 Å². The fourth-order valence-corrected chi connectivity index (χ4v) is 3.51. The highest BCUT2D eigenvalue weighted by Crippen LogP contribution is 2.36. The standard InChI is InChI=1S/C28H43NO11/c1-9-10-11-14-35-24(32)36-16-17(2)21(22(29)23(30)31)18-12-13-19(37-25(33)39-27(3,4)5)20(15-18)38-26(34)40-28(6,7)8/h12-13,15,17,21-22H,9-11,14,16,29H2,1-8H3,(H,30,31)/t17?,21?,22-/m0/s1. The van der Waals surface area contributed by atoms with Gasteiger partial charge < -0.3 is 39.3 Å². The molecule has 1 rings (SSSR count). The highest BCUT2D eigenvalue weighted by molar-refractivity contribution is 5.75. The predicted octanol–water partition coefficient (Wildman–Crippen LogP) is 5.79. The van der Waals surface area contributed by atoms with Crippen molar-refractivity contribution in [3.8, 4) is 11.5 Å². The molecule has 0 saturated heterocycles. The maximum Gasteiger partial charge on any atom is 0.514 e. The smallest absolute Gasteiger partial charge is 0.480 e. The first kappa shape index (κ1) is 34.5. The number of benzene rings is 1. The van der Waals surface area contributed by atoms with Gasteiger partial charge in [-0.3, -0.25) is 4.79 Å². The molecule has 0 amide bonds. The van der Waals surface area contributed by atoms with Gasteiger partial charge in [0.2, 0.25) is 0 Å². The van der Waals surface area contributed by atoms with E-state index in [0.717, 1.165) is 12.8 Å². The van der Waals surface area contributed by atoms with Crippen LogP contribution in [0.4, 0.5) is 14.4 Å². The first-order valence-electron chi connectivity index (χ1n) is 13.2. The largest absolute Gasteiger partial charge is 0.514 e. The minimum absolute atomic E-state index is 0.175. The summed E-state index contributed by atoms with van der Waals surface area (Å²) < 4.78 is 31.2. The van der Waals surface area contributed by atoms with Crippen LogP contribution in [-0.4, -0.2) is 60.0 Å². The van der Waals surface area contributed by atoms with Crippen molar-refractivity contribution in [1.82, 2.24) is 0 Å². The van der Waals surface area contributed by atoms with Crippen molar-refractivity contribution in [2.75, 3.05) is 13.2 Å². The number of rotatable bonds is 12. The van der Waals surface area contributed by atoms with Gasteiger partial charge in [-0.2, -0.15) is 0 Å². The van der Waals surface area contributed by atoms with Crippen molar-refractivity contribution in [1.29, 1.82) is 0 Å². The number of ether oxygens (including phenoxy) is 6. The summed E-state index contributed by atoms with van der Waals surface area (Å²) in [4.78, 5) is 48.6. The number of hydrogen-bond acceptors (Lipinski definition) is 11. The van der Waals surface area contributed by atoms with Crippen LogP contribution in [0.5, 0.6) is 11.5 Å². The number of unbranched alkanes of at least 4 members (excludes halogenated alkanes) is 2. The van der Waals surface area contributed by atoms with Gasteiger partial charge >= 0.3 is 24.4 Å². The zero-order chi connectivity index (χ0) is 30.7. The van der Waals surface area contributed by atoms with Crippen molar-refractivity contribution < 1.29 is 52.7 Å². The van der Waals surface area contributed by atoms with Gasteiger partial charge in [0.25, 0.3) is 0 Å². The first-order valence-corrected chi connectivity index (χ1v) is 13.2. The summed E-state index contributed by atoms with van der Waals surface area (Å²) in [7, 11) is 0. The molecule has 0 aliphatic carbocycles. The van der Waals surface area contributed by atoms with E-state index in [1.807, 2.05) is 6.92 Å². The molecule has 3 N–H and O–H groups in total. The van der Waals surface area contributed by atoms with Crippen molar-refractivity contribution in [3.63, 3.8) is 0 Å². The zero-order valence-corrected chi connectivity index (χ0v) is 24.6. The van der Waals surface area contributed by atoms with Crippen molar-refractivity contribution in [3.05, 3.63) is 23.8 Å². The van der Waals surface area contributed by atoms with Crippen LogP contribution in [0.2, 0.25) is 0 Å². The average molecular weight is 570 g/mol. The van der Waals surface area contributed by atoms with Crippen molar-refractivity contribution >= 4 is 24.4 Å². The number of nitrogens with two attached hydrogens (primary N) is 1. The first-order chi connectivity index (χ1) is 18.4. The van der Waals surface area contributed by atoms with E-state index in [2.05, 4.69) is 0 Å². The molecule has 12 heteroatoms. The SMILES string of the molecule is CCCCCOC(=O)OCC(C)C(c1ccc(OC(=O)OC(C)(C)C)c(OC(=O)OC(C)(C)C)c1)[C@H](N)C(=O)O. The van der Waals surface area contributed by atoms with Gasteiger partial charge in [0.05, 0.1) is 13.2 Å². The van der Waals surface area contributed by atoms with Crippen molar-refractivity contribution in [2.24, 2.45) is 11.7 Å². The lowest BCUT2D eigenvalue weighted by Gasteiger charge is -2.28. The molecule has 0 aromatic heterocycles. The van der Waals surface area contributed by atoms with Gasteiger partial charge in [0.15, 0.2) is 11.5 Å². The summed E-state index contributed by atoms with van der Waals surface area (Å²) in [5.74, 6) is -3.24. The van der Waals surface area contributed by atoms with Crippen LogP contribution in [0.25, 0.3) is 0 Å². The summed E-state index contributed by atoms with van der Waals surface area (Å²) in [5, 5.41) is 9.68. The lowest BCUT2D eigenvalue weighted by molar-refractivity contribution is -0.139. The number of hydrogen-bond donors (Lipinski definition) is 2. The molecule has 226 valence electrons. The molecule has 0 heterocycles. The van der Waals surface area contributed by atoms with E-state index in [-0.39, 0.29) is 24.7 Å². The third-order valence-corrected chi connectivity index (χ3v) is 5.24. The molecule has 0 spiro atoms. The summed E-state index contributed by atoms with van der Waals surface area (Å²) >= 11 is 0. The molecule has 0 fully saturated rings. The van der Waals surface area contributed by atoms with Crippen LogP contribution in [0.1, 0.15) is 86.1 Å². The maximum atomic E-state index is 12.5. The molecular weight excluding hydrogens is 526 g/mol. The van der Waals surface area contributed by atoms with Gasteiger partial charge in [0, 0.05) is 5.92 Å². The fourth-order valence-electron chi connectivity index (χ4n) is 3.51. The molecule has 0 bridgehead atoms. The van der Waals surface area contributed by atoms with Crippen LogP contribution in [-0.2, 0) is 23.7 Å². The number of carbonyl (C=O) groups is 4. The average Bonchev–Trinajstić information content (AvgIpc) is 2.79. The monoisotopic (exact) mass is 569 g/mol. The second-order valence-corrected chi connectivity index (χ2v) is 11.3. The Balaban J connectivity index is 3.30. The van der Waals surface area contributed by atoms with E-state index in [1.165, 1.54) is 18.2 Å². The number of aliphatic carboxylic acids is 1. The number of carboxylic acid groups (broad SMARTS) is 1. The highest BCUT2D eigenvalue weighted by atomic mass is 16.8. The Bertz CT molecular complexity index is 1010. The third-order valence-electron chi connectivity index (χ3n) is 5.24. The number of carboxylic acids is 1. The molecule has 2 unspecified atom stereocenters. The Labute approximate surface area is 235 Å². The lowest BCUT2D eigenvalue weighted by atomic mass is 9.82. The van der Waals surface area contributed by atoms with Gasteiger partial charge in [-0.25, -0.2) is 14.4 Å². The fraction of sp³-hybridized carbons (Fsp3) is 0.643. The quantitative estimate of drug-likeness (QED) is 0.135. The van der Waals surface area contributed by atoms with E-state index in [0.29, 0.717) is 12.0 Å². The molecule has 0 radical (unpaired) electrons. The Morgan fingerprint density at radius 1 is 0.850 bits per heavy atom. The minimum atomic E-state index is -1.42. The Hall–Kier alpha value is -3.54.